The molecule has 3 N–H and O–H groups in total. The molecule has 4 rings (SSSR count). The van der Waals surface area contributed by atoms with Crippen LogP contribution in [0.3, 0.4) is 0 Å². The van der Waals surface area contributed by atoms with Gasteiger partial charge in [0, 0.05) is 19.0 Å². The Kier molecular flexibility index (Phi) is 6.15. The van der Waals surface area contributed by atoms with Crippen molar-refractivity contribution in [2.24, 2.45) is 0 Å². The fourth-order valence-corrected chi connectivity index (χ4v) is 4.07. The van der Waals surface area contributed by atoms with Gasteiger partial charge >= 0.3 is 0 Å². The first-order valence-electron chi connectivity index (χ1n) is 9.74. The van der Waals surface area contributed by atoms with Crippen LogP contribution in [0.1, 0.15) is 5.56 Å². The molecule has 0 atom stereocenters. The molecule has 2 aromatic heterocycles. The lowest BCUT2D eigenvalue weighted by Gasteiger charge is -2.16. The second-order valence-electron chi connectivity index (χ2n) is 6.84. The van der Waals surface area contributed by atoms with E-state index in [0.717, 1.165) is 5.56 Å². The van der Waals surface area contributed by atoms with E-state index < -0.39 is 10.0 Å². The molecule has 2 aromatic carbocycles. The molecule has 0 unspecified atom stereocenters. The van der Waals surface area contributed by atoms with Crippen LogP contribution >= 0.6 is 0 Å². The number of nitrogens with zero attached hydrogens (tertiary/aromatic N) is 3. The first kappa shape index (κ1) is 21.5. The molecule has 4 aromatic rings. The van der Waals surface area contributed by atoms with Crippen molar-refractivity contribution < 1.29 is 18.3 Å². The Balaban J connectivity index is 1.77. The number of fused-ring (bicyclic) bond motifs is 1. The van der Waals surface area contributed by atoms with Gasteiger partial charge in [-0.2, -0.15) is 0 Å². The normalized spacial score (nSPS) is 11.3. The minimum absolute atomic E-state index is 0.00634. The van der Waals surface area contributed by atoms with Crippen LogP contribution in [0.15, 0.2) is 71.9 Å². The number of sulfonamides is 1. The highest BCUT2D eigenvalue weighted by Gasteiger charge is 2.20. The highest BCUT2D eigenvalue weighted by molar-refractivity contribution is 7.92. The summed E-state index contributed by atoms with van der Waals surface area (Å²) in [6.45, 7) is 0.0202. The van der Waals surface area contributed by atoms with Crippen LogP contribution in [0.2, 0.25) is 0 Å². The van der Waals surface area contributed by atoms with Gasteiger partial charge in [0.05, 0.1) is 23.8 Å². The summed E-state index contributed by atoms with van der Waals surface area (Å²) >= 11 is 0. The standard InChI is InChI=1S/C22H21N5O4S/c1-31-20-13-15(10-12-28)8-9-19(20)26-21-22(25-18-7-3-2-6-17(18)24-21)27-32(29,30)16-5-4-11-23-14-16/h2-9,11,13-14,28H,10,12H2,1H3,(H,24,26)(H,25,27). The minimum atomic E-state index is -3.94. The monoisotopic (exact) mass is 451 g/mol. The molecule has 0 aliphatic rings. The smallest absolute Gasteiger partial charge is 0.264 e. The van der Waals surface area contributed by atoms with Gasteiger partial charge in [-0.25, -0.2) is 18.4 Å². The topological polar surface area (TPSA) is 126 Å². The molecule has 0 fully saturated rings. The van der Waals surface area contributed by atoms with E-state index in [1.165, 1.54) is 25.6 Å². The molecule has 0 spiro atoms. The van der Waals surface area contributed by atoms with Crippen molar-refractivity contribution in [1.82, 2.24) is 15.0 Å². The lowest BCUT2D eigenvalue weighted by Crippen LogP contribution is -2.16. The van der Waals surface area contributed by atoms with E-state index >= 15 is 0 Å². The van der Waals surface area contributed by atoms with Gasteiger partial charge in [-0.3, -0.25) is 9.71 Å². The van der Waals surface area contributed by atoms with Crippen molar-refractivity contribution >= 4 is 38.4 Å². The summed E-state index contributed by atoms with van der Waals surface area (Å²) in [5, 5.41) is 12.3. The lowest BCUT2D eigenvalue weighted by atomic mass is 10.1. The SMILES string of the molecule is COc1cc(CCO)ccc1Nc1nc2ccccc2nc1NS(=O)(=O)c1cccnc1. The highest BCUT2D eigenvalue weighted by atomic mass is 32.2. The minimum Gasteiger partial charge on any atom is -0.495 e. The molecule has 0 saturated carbocycles. The second kappa shape index (κ2) is 9.16. The zero-order valence-electron chi connectivity index (χ0n) is 17.2. The van der Waals surface area contributed by atoms with Crippen LogP contribution in [-0.4, -0.2) is 42.2 Å². The third-order valence-electron chi connectivity index (χ3n) is 4.67. The Bertz CT molecular complexity index is 1350. The fraction of sp³-hybridized carbons (Fsp3) is 0.136. The quantitative estimate of drug-likeness (QED) is 0.373. The zero-order valence-corrected chi connectivity index (χ0v) is 18.0. The number of hydrogen-bond donors (Lipinski definition) is 3. The molecule has 164 valence electrons. The van der Waals surface area contributed by atoms with Gasteiger partial charge in [0.1, 0.15) is 10.6 Å². The molecule has 10 heteroatoms. The predicted octanol–water partition coefficient (Wildman–Crippen LogP) is 3.11. The van der Waals surface area contributed by atoms with Crippen molar-refractivity contribution in [3.05, 3.63) is 72.6 Å². The number of aromatic nitrogens is 3. The number of pyridine rings is 1. The number of ether oxygens (including phenoxy) is 1. The third-order valence-corrected chi connectivity index (χ3v) is 5.99. The van der Waals surface area contributed by atoms with Crippen LogP contribution < -0.4 is 14.8 Å². The van der Waals surface area contributed by atoms with Gasteiger partial charge in [-0.05, 0) is 48.4 Å². The first-order chi connectivity index (χ1) is 15.5. The highest BCUT2D eigenvalue weighted by Crippen LogP contribution is 2.32. The van der Waals surface area contributed by atoms with Gasteiger partial charge < -0.3 is 15.2 Å². The number of anilines is 3. The van der Waals surface area contributed by atoms with E-state index in [-0.39, 0.29) is 23.1 Å². The second-order valence-corrected chi connectivity index (χ2v) is 8.52. The summed E-state index contributed by atoms with van der Waals surface area (Å²) in [4.78, 5) is 12.9. The molecule has 0 amide bonds. The summed E-state index contributed by atoms with van der Waals surface area (Å²) in [6.07, 6.45) is 3.24. The molecular formula is C22H21N5O4S. The van der Waals surface area contributed by atoms with E-state index in [1.807, 2.05) is 12.1 Å². The molecule has 0 bridgehead atoms. The lowest BCUT2D eigenvalue weighted by molar-refractivity contribution is 0.299. The molecule has 0 radical (unpaired) electrons. The Morgan fingerprint density at radius 1 is 1.00 bits per heavy atom. The Morgan fingerprint density at radius 2 is 1.75 bits per heavy atom. The molecule has 32 heavy (non-hydrogen) atoms. The first-order valence-corrected chi connectivity index (χ1v) is 11.2. The number of aliphatic hydroxyl groups is 1. The number of methoxy groups -OCH3 is 1. The van der Waals surface area contributed by atoms with Crippen molar-refractivity contribution in [2.45, 2.75) is 11.3 Å². The molecule has 0 aliphatic heterocycles. The van der Waals surface area contributed by atoms with Crippen LogP contribution in [0, 0.1) is 0 Å². The van der Waals surface area contributed by atoms with E-state index in [4.69, 9.17) is 4.74 Å². The number of rotatable bonds is 8. The van der Waals surface area contributed by atoms with Gasteiger partial charge in [0.15, 0.2) is 11.6 Å². The molecule has 0 saturated heterocycles. The maximum Gasteiger partial charge on any atom is 0.264 e. The van der Waals surface area contributed by atoms with Crippen LogP contribution in [-0.2, 0) is 16.4 Å². The fourth-order valence-electron chi connectivity index (χ4n) is 3.10. The van der Waals surface area contributed by atoms with E-state index in [0.29, 0.717) is 28.9 Å². The van der Waals surface area contributed by atoms with Gasteiger partial charge in [-0.1, -0.05) is 18.2 Å². The molecule has 9 nitrogen and oxygen atoms in total. The predicted molar refractivity (Wildman–Crippen MR) is 122 cm³/mol. The van der Waals surface area contributed by atoms with Crippen molar-refractivity contribution in [1.29, 1.82) is 0 Å². The Morgan fingerprint density at radius 3 is 2.41 bits per heavy atom. The van der Waals surface area contributed by atoms with E-state index in [9.17, 15) is 13.5 Å². The third kappa shape index (κ3) is 4.61. The summed E-state index contributed by atoms with van der Waals surface area (Å²) in [6, 6.07) is 15.6. The molecule has 0 aliphatic carbocycles. The molecule has 2 heterocycles. The summed E-state index contributed by atoms with van der Waals surface area (Å²) in [7, 11) is -2.41. The number of hydrogen-bond acceptors (Lipinski definition) is 8. The van der Waals surface area contributed by atoms with Gasteiger partial charge in [0.25, 0.3) is 10.0 Å². The van der Waals surface area contributed by atoms with Crippen molar-refractivity contribution in [3.8, 4) is 5.75 Å². The Hall–Kier alpha value is -3.76. The summed E-state index contributed by atoms with van der Waals surface area (Å²) in [5.74, 6) is 0.769. The largest absolute Gasteiger partial charge is 0.495 e. The average Bonchev–Trinajstić information content (AvgIpc) is 2.81. The number of benzene rings is 2. The Labute approximate surface area is 185 Å². The van der Waals surface area contributed by atoms with Gasteiger partial charge in [-0.15, -0.1) is 0 Å². The average molecular weight is 452 g/mol. The maximum absolute atomic E-state index is 12.9. The van der Waals surface area contributed by atoms with Crippen molar-refractivity contribution in [3.63, 3.8) is 0 Å². The zero-order chi connectivity index (χ0) is 22.6. The number of para-hydroxylation sites is 2. The summed E-state index contributed by atoms with van der Waals surface area (Å²) in [5.41, 5.74) is 2.60. The summed E-state index contributed by atoms with van der Waals surface area (Å²) < 4.78 is 33.7. The van der Waals surface area contributed by atoms with E-state index in [2.05, 4.69) is 25.0 Å². The molecular weight excluding hydrogens is 430 g/mol. The van der Waals surface area contributed by atoms with Crippen LogP contribution in [0.25, 0.3) is 11.0 Å². The number of nitrogens with one attached hydrogen (secondary N) is 2. The van der Waals surface area contributed by atoms with Crippen molar-refractivity contribution in [2.75, 3.05) is 23.8 Å². The van der Waals surface area contributed by atoms with E-state index in [1.54, 1.807) is 36.4 Å². The van der Waals surface area contributed by atoms with Gasteiger partial charge in [0.2, 0.25) is 0 Å². The number of aliphatic hydroxyl groups excluding tert-OH is 1. The van der Waals surface area contributed by atoms with Crippen LogP contribution in [0.5, 0.6) is 5.75 Å². The van der Waals surface area contributed by atoms with Crippen LogP contribution in [0.4, 0.5) is 17.3 Å². The maximum atomic E-state index is 12.9.